The summed E-state index contributed by atoms with van der Waals surface area (Å²) in [6.45, 7) is 20.0. The molecule has 1 aromatic heterocycles. The van der Waals surface area contributed by atoms with Gasteiger partial charge in [0.1, 0.15) is 24.0 Å². The molecule has 0 aromatic carbocycles. The van der Waals surface area contributed by atoms with E-state index < -0.39 is 62.0 Å². The highest BCUT2D eigenvalue weighted by molar-refractivity contribution is 7.90. The second-order valence-electron chi connectivity index (χ2n) is 13.1. The van der Waals surface area contributed by atoms with Gasteiger partial charge >= 0.3 is 5.69 Å². The van der Waals surface area contributed by atoms with Crippen molar-refractivity contribution in [2.24, 2.45) is 5.73 Å². The Kier molecular flexibility index (Phi) is 7.90. The minimum atomic E-state index is -4.25. The second-order valence-corrected chi connectivity index (χ2v) is 24.1. The number of rotatable bonds is 6. The molecule has 15 heteroatoms. The summed E-state index contributed by atoms with van der Waals surface area (Å²) in [5.74, 6) is 0. The van der Waals surface area contributed by atoms with Crippen LogP contribution in [0.2, 0.25) is 36.3 Å². The van der Waals surface area contributed by atoms with Gasteiger partial charge in [0.05, 0.1) is 17.7 Å². The molecule has 2 aliphatic heterocycles. The van der Waals surface area contributed by atoms with Crippen LogP contribution in [0.4, 0.5) is 0 Å². The Labute approximate surface area is 231 Å². The fraction of sp³-hybridized carbons (Fsp3) is 0.708. The van der Waals surface area contributed by atoms with Crippen molar-refractivity contribution in [2.45, 2.75) is 102 Å². The van der Waals surface area contributed by atoms with Crippen LogP contribution in [0, 0.1) is 11.3 Å². The van der Waals surface area contributed by atoms with Crippen LogP contribution in [-0.2, 0) is 27.9 Å². The van der Waals surface area contributed by atoms with Gasteiger partial charge in [-0.25, -0.2) is 8.98 Å². The minimum absolute atomic E-state index is 0.117. The van der Waals surface area contributed by atoms with Crippen LogP contribution < -0.4 is 17.0 Å². The van der Waals surface area contributed by atoms with Crippen molar-refractivity contribution in [3.8, 4) is 6.07 Å². The van der Waals surface area contributed by atoms with Gasteiger partial charge in [-0.05, 0) is 36.3 Å². The Hall–Kier alpha value is -2.07. The summed E-state index contributed by atoms with van der Waals surface area (Å²) in [4.78, 5) is 27.2. The highest BCUT2D eigenvalue weighted by Crippen LogP contribution is 2.52. The Bertz CT molecular complexity index is 1430. The number of aromatic amines is 1. The predicted molar refractivity (Wildman–Crippen MR) is 150 cm³/mol. The number of hydrogen-bond donors (Lipinski definition) is 2. The maximum absolute atomic E-state index is 13.1. The van der Waals surface area contributed by atoms with E-state index in [0.29, 0.717) is 0 Å². The molecule has 3 N–H and O–H groups in total. The van der Waals surface area contributed by atoms with Gasteiger partial charge in [-0.1, -0.05) is 41.5 Å². The van der Waals surface area contributed by atoms with Crippen LogP contribution in [0.3, 0.4) is 0 Å². The molecule has 39 heavy (non-hydrogen) atoms. The monoisotopic (exact) mass is 600 g/mol. The molecule has 2 aliphatic rings. The normalized spacial score (nSPS) is 27.5. The standard InChI is InChI=1S/C24H40N4O8SSi2/c1-22(2,3)38(7,8)33-13-17-24(16(26)14-37(31,32)36-24)19(35-39(9,10)23(4,5)6)20(34-17)28-15(12-25)11-18(29)27-21(28)30/h11,14,17,19-20H,13,26H2,1-10H3,(H,27,29,30)/t17?,19-,20+,24?/m0/s1. The summed E-state index contributed by atoms with van der Waals surface area (Å²) in [7, 11) is -9.36. The van der Waals surface area contributed by atoms with Crippen LogP contribution in [0.15, 0.2) is 26.8 Å². The molecule has 1 saturated heterocycles. The lowest BCUT2D eigenvalue weighted by Gasteiger charge is -2.43. The summed E-state index contributed by atoms with van der Waals surface area (Å²) in [6, 6.07) is 2.82. The van der Waals surface area contributed by atoms with Crippen molar-refractivity contribution < 1.29 is 26.2 Å². The number of ether oxygens (including phenoxy) is 1. The fourth-order valence-corrected chi connectivity index (χ4v) is 7.55. The third kappa shape index (κ3) is 5.60. The van der Waals surface area contributed by atoms with Gasteiger partial charge in [0.25, 0.3) is 15.7 Å². The fourth-order valence-electron chi connectivity index (χ4n) is 4.04. The molecular weight excluding hydrogens is 561 g/mol. The van der Waals surface area contributed by atoms with Crippen molar-refractivity contribution in [1.82, 2.24) is 9.55 Å². The van der Waals surface area contributed by atoms with Crippen LogP contribution in [0.1, 0.15) is 53.5 Å². The van der Waals surface area contributed by atoms with Crippen molar-refractivity contribution in [1.29, 1.82) is 5.26 Å². The predicted octanol–water partition coefficient (Wildman–Crippen LogP) is 2.62. The molecule has 1 fully saturated rings. The molecule has 1 aromatic rings. The van der Waals surface area contributed by atoms with Crippen molar-refractivity contribution in [3.05, 3.63) is 43.7 Å². The Balaban J connectivity index is 2.29. The molecule has 3 rings (SSSR count). The second kappa shape index (κ2) is 9.79. The number of nitrogens with zero attached hydrogens (tertiary/aromatic N) is 2. The molecule has 0 bridgehead atoms. The Morgan fingerprint density at radius 2 is 1.69 bits per heavy atom. The molecule has 0 radical (unpaired) electrons. The number of nitrogens with one attached hydrogen (secondary N) is 1. The molecule has 2 unspecified atom stereocenters. The highest BCUT2D eigenvalue weighted by atomic mass is 32.2. The maximum atomic E-state index is 13.1. The highest BCUT2D eigenvalue weighted by Gasteiger charge is 2.67. The number of hydrogen-bond acceptors (Lipinski definition) is 10. The molecule has 3 heterocycles. The molecule has 0 amide bonds. The van der Waals surface area contributed by atoms with Crippen molar-refractivity contribution in [3.63, 3.8) is 0 Å². The first-order chi connectivity index (χ1) is 17.5. The summed E-state index contributed by atoms with van der Waals surface area (Å²) in [6.07, 6.45) is -3.78. The molecule has 0 saturated carbocycles. The van der Waals surface area contributed by atoms with Gasteiger partial charge in [-0.15, -0.1) is 0 Å². The first-order valence-electron chi connectivity index (χ1n) is 12.7. The number of nitrogens with two attached hydrogens (primary N) is 1. The molecular formula is C24H40N4O8SSi2. The summed E-state index contributed by atoms with van der Waals surface area (Å²) in [5, 5.41) is 10.1. The van der Waals surface area contributed by atoms with E-state index in [1.807, 2.05) is 53.0 Å². The molecule has 1 spiro atoms. The van der Waals surface area contributed by atoms with E-state index in [2.05, 4.69) is 25.8 Å². The zero-order chi connectivity index (χ0) is 30.0. The summed E-state index contributed by atoms with van der Waals surface area (Å²) < 4.78 is 51.8. The zero-order valence-corrected chi connectivity index (χ0v) is 27.1. The quantitative estimate of drug-likeness (QED) is 0.365. The first kappa shape index (κ1) is 31.5. The molecule has 0 aliphatic carbocycles. The SMILES string of the molecule is CC(C)(C)[Si](C)(C)OCC1O[C@@H](n2c(C#N)cc(=O)[nH]c2=O)[C@H](O[Si](C)(C)C(C)(C)C)C12OS(=O)(=O)C=C2N. The molecule has 12 nitrogen and oxygen atoms in total. The smallest absolute Gasteiger partial charge is 0.331 e. The van der Waals surface area contributed by atoms with E-state index in [0.717, 1.165) is 16.0 Å². The number of H-pyrrole nitrogens is 1. The average molecular weight is 601 g/mol. The first-order valence-corrected chi connectivity index (χ1v) is 19.9. The van der Waals surface area contributed by atoms with E-state index in [4.69, 9.17) is 23.5 Å². The third-order valence-electron chi connectivity index (χ3n) is 8.42. The molecule has 218 valence electrons. The van der Waals surface area contributed by atoms with E-state index in [1.54, 1.807) is 0 Å². The lowest BCUT2D eigenvalue weighted by Crippen LogP contribution is -2.59. The van der Waals surface area contributed by atoms with Gasteiger partial charge in [0.15, 0.2) is 28.5 Å². The van der Waals surface area contributed by atoms with E-state index >= 15 is 0 Å². The Morgan fingerprint density at radius 3 is 2.15 bits per heavy atom. The van der Waals surface area contributed by atoms with E-state index in [1.165, 1.54) is 0 Å². The van der Waals surface area contributed by atoms with Crippen LogP contribution in [-0.4, -0.2) is 59.0 Å². The lowest BCUT2D eigenvalue weighted by atomic mass is 9.89. The van der Waals surface area contributed by atoms with Gasteiger partial charge in [-0.3, -0.25) is 14.3 Å². The third-order valence-corrected chi connectivity index (χ3v) is 18.4. The van der Waals surface area contributed by atoms with E-state index in [-0.39, 0.29) is 28.1 Å². The minimum Gasteiger partial charge on any atom is -0.414 e. The summed E-state index contributed by atoms with van der Waals surface area (Å²) in [5.41, 5.74) is 2.40. The number of aromatic nitrogens is 2. The van der Waals surface area contributed by atoms with Crippen molar-refractivity contribution in [2.75, 3.05) is 6.61 Å². The van der Waals surface area contributed by atoms with Gasteiger partial charge in [0, 0.05) is 6.07 Å². The van der Waals surface area contributed by atoms with E-state index in [9.17, 15) is 23.3 Å². The van der Waals surface area contributed by atoms with Gasteiger partial charge < -0.3 is 19.3 Å². The summed E-state index contributed by atoms with van der Waals surface area (Å²) >= 11 is 0. The molecule has 4 atom stereocenters. The Morgan fingerprint density at radius 1 is 1.13 bits per heavy atom. The largest absolute Gasteiger partial charge is 0.414 e. The van der Waals surface area contributed by atoms with Crippen LogP contribution in [0.25, 0.3) is 0 Å². The van der Waals surface area contributed by atoms with Crippen LogP contribution in [0.5, 0.6) is 0 Å². The van der Waals surface area contributed by atoms with Crippen LogP contribution >= 0.6 is 0 Å². The maximum Gasteiger partial charge on any atom is 0.331 e. The average Bonchev–Trinajstić information content (AvgIpc) is 3.16. The zero-order valence-electron chi connectivity index (χ0n) is 24.2. The topological polar surface area (TPSA) is 176 Å². The van der Waals surface area contributed by atoms with Gasteiger partial charge in [-0.2, -0.15) is 13.7 Å². The number of nitriles is 1. The van der Waals surface area contributed by atoms with Crippen molar-refractivity contribution >= 4 is 26.8 Å². The lowest BCUT2D eigenvalue weighted by molar-refractivity contribution is -0.0565. The van der Waals surface area contributed by atoms with Gasteiger partial charge in [0.2, 0.25) is 0 Å².